The monoisotopic (exact) mass is 488 g/mol. The highest BCUT2D eigenvalue weighted by molar-refractivity contribution is 6.31. The Balaban J connectivity index is 1.84. The molecule has 0 spiro atoms. The number of aliphatic hydroxyl groups is 1. The van der Waals surface area contributed by atoms with Crippen molar-refractivity contribution in [2.24, 2.45) is 0 Å². The summed E-state index contributed by atoms with van der Waals surface area (Å²) in [7, 11) is 0. The summed E-state index contributed by atoms with van der Waals surface area (Å²) in [5.41, 5.74) is 3.08. The van der Waals surface area contributed by atoms with Crippen molar-refractivity contribution in [1.29, 1.82) is 0 Å². The number of halogens is 1. The van der Waals surface area contributed by atoms with Gasteiger partial charge in [0.15, 0.2) is 0 Å². The summed E-state index contributed by atoms with van der Waals surface area (Å²) >= 11 is 6.08. The van der Waals surface area contributed by atoms with Crippen molar-refractivity contribution in [2.75, 3.05) is 19.8 Å². The number of phenolic OH excluding ortho intramolecular Hbond substituents is 1. The summed E-state index contributed by atoms with van der Waals surface area (Å²) in [6, 6.07) is 8.91. The molecule has 34 heavy (non-hydrogen) atoms. The number of carbonyl (C=O) groups is 1. The van der Waals surface area contributed by atoms with E-state index in [9.17, 15) is 9.90 Å². The lowest BCUT2D eigenvalue weighted by Gasteiger charge is -2.23. The number of carbonyl (C=O) groups excluding carboxylic acids is 1. The number of aryl methyl sites for hydroxylation is 1. The standard InChI is InChI=1S/C25H33ClN4O4/c1-5-18(15-34-11-10-31)27-23(32)9-6-16-12-19(25(2,3)4)24(33)22(13-16)30-28-20-8-7-17(26)14-21(20)29-30/h7-8,12-14,18,31,33H,5-6,9-11,15H2,1-4H3,(H,27,32). The van der Waals surface area contributed by atoms with Crippen LogP contribution in [0.1, 0.15) is 51.7 Å². The van der Waals surface area contributed by atoms with Crippen LogP contribution in [0.15, 0.2) is 30.3 Å². The molecule has 3 aromatic rings. The van der Waals surface area contributed by atoms with Gasteiger partial charge >= 0.3 is 0 Å². The molecule has 2 aromatic carbocycles. The first-order chi connectivity index (χ1) is 16.1. The molecule has 1 heterocycles. The number of hydrogen-bond acceptors (Lipinski definition) is 6. The molecular formula is C25H33ClN4O4. The Labute approximate surface area is 204 Å². The third-order valence-electron chi connectivity index (χ3n) is 5.57. The van der Waals surface area contributed by atoms with Gasteiger partial charge in [-0.15, -0.1) is 15.0 Å². The summed E-state index contributed by atoms with van der Waals surface area (Å²) in [6.07, 6.45) is 1.51. The van der Waals surface area contributed by atoms with Crippen LogP contribution in [0, 0.1) is 0 Å². The minimum atomic E-state index is -0.329. The van der Waals surface area contributed by atoms with E-state index in [1.54, 1.807) is 18.2 Å². The van der Waals surface area contributed by atoms with E-state index in [-0.39, 0.29) is 42.7 Å². The van der Waals surface area contributed by atoms with Crippen molar-refractivity contribution in [2.45, 2.75) is 58.4 Å². The minimum absolute atomic E-state index is 0.0443. The van der Waals surface area contributed by atoms with E-state index in [2.05, 4.69) is 15.5 Å². The van der Waals surface area contributed by atoms with Gasteiger partial charge in [-0.3, -0.25) is 4.79 Å². The van der Waals surface area contributed by atoms with Gasteiger partial charge in [-0.05, 0) is 48.1 Å². The molecule has 0 bridgehead atoms. The van der Waals surface area contributed by atoms with Crippen LogP contribution in [0.4, 0.5) is 0 Å². The van der Waals surface area contributed by atoms with Crippen LogP contribution in [0.5, 0.6) is 5.75 Å². The molecule has 0 saturated heterocycles. The van der Waals surface area contributed by atoms with Gasteiger partial charge in [-0.1, -0.05) is 45.4 Å². The lowest BCUT2D eigenvalue weighted by atomic mass is 9.84. The Kier molecular flexibility index (Phi) is 8.52. The Morgan fingerprint density at radius 3 is 2.62 bits per heavy atom. The number of aromatic hydroxyl groups is 1. The van der Waals surface area contributed by atoms with E-state index >= 15 is 0 Å². The number of nitrogens with zero attached hydrogens (tertiary/aromatic N) is 3. The van der Waals surface area contributed by atoms with Crippen LogP contribution in [-0.2, 0) is 21.4 Å². The number of rotatable bonds is 10. The first kappa shape index (κ1) is 25.9. The zero-order chi connectivity index (χ0) is 24.9. The number of amides is 1. The zero-order valence-corrected chi connectivity index (χ0v) is 20.9. The summed E-state index contributed by atoms with van der Waals surface area (Å²) in [5.74, 6) is 0.0307. The molecule has 0 radical (unpaired) electrons. The zero-order valence-electron chi connectivity index (χ0n) is 20.1. The van der Waals surface area contributed by atoms with Crippen molar-refractivity contribution in [1.82, 2.24) is 20.3 Å². The number of phenols is 1. The third-order valence-corrected chi connectivity index (χ3v) is 5.80. The Hall–Kier alpha value is -2.68. The maximum Gasteiger partial charge on any atom is 0.220 e. The normalized spacial score (nSPS) is 12.8. The third kappa shape index (κ3) is 6.46. The maximum atomic E-state index is 12.6. The summed E-state index contributed by atoms with van der Waals surface area (Å²) < 4.78 is 5.35. The second-order valence-electron chi connectivity index (χ2n) is 9.35. The van der Waals surface area contributed by atoms with E-state index in [1.807, 2.05) is 39.8 Å². The number of nitrogens with one attached hydrogen (secondary N) is 1. The van der Waals surface area contributed by atoms with Gasteiger partial charge in [0.25, 0.3) is 0 Å². The highest BCUT2D eigenvalue weighted by Crippen LogP contribution is 2.36. The number of hydrogen-bond donors (Lipinski definition) is 3. The molecule has 8 nitrogen and oxygen atoms in total. The summed E-state index contributed by atoms with van der Waals surface area (Å²) in [6.45, 7) is 8.61. The number of aromatic nitrogens is 3. The van der Waals surface area contributed by atoms with Crippen LogP contribution in [-0.4, -0.2) is 57.0 Å². The molecule has 0 fully saturated rings. The van der Waals surface area contributed by atoms with Gasteiger partial charge in [-0.2, -0.15) is 0 Å². The first-order valence-corrected chi connectivity index (χ1v) is 11.9. The smallest absolute Gasteiger partial charge is 0.220 e. The van der Waals surface area contributed by atoms with Crippen LogP contribution in [0.25, 0.3) is 16.7 Å². The van der Waals surface area contributed by atoms with E-state index in [1.165, 1.54) is 4.80 Å². The molecule has 1 atom stereocenters. The SMILES string of the molecule is CCC(COCCO)NC(=O)CCc1cc(-n2nc3ccc(Cl)cc3n2)c(O)c(C(C)(C)C)c1. The van der Waals surface area contributed by atoms with Crippen molar-refractivity contribution in [3.63, 3.8) is 0 Å². The maximum absolute atomic E-state index is 12.6. The molecule has 1 aromatic heterocycles. The molecule has 3 N–H and O–H groups in total. The fourth-order valence-corrected chi connectivity index (χ4v) is 3.82. The Bertz CT molecular complexity index is 1140. The van der Waals surface area contributed by atoms with Gasteiger partial charge in [0, 0.05) is 17.0 Å². The van der Waals surface area contributed by atoms with E-state index in [0.29, 0.717) is 34.8 Å². The quantitative estimate of drug-likeness (QED) is 0.373. The van der Waals surface area contributed by atoms with Crippen molar-refractivity contribution in [3.8, 4) is 11.4 Å². The van der Waals surface area contributed by atoms with Gasteiger partial charge in [0.05, 0.1) is 25.9 Å². The molecule has 0 aliphatic heterocycles. The molecule has 1 amide bonds. The lowest BCUT2D eigenvalue weighted by molar-refractivity contribution is -0.122. The average Bonchev–Trinajstić information content (AvgIpc) is 3.19. The fourth-order valence-electron chi connectivity index (χ4n) is 3.65. The predicted octanol–water partition coefficient (Wildman–Crippen LogP) is 3.91. The number of aliphatic hydroxyl groups excluding tert-OH is 1. The first-order valence-electron chi connectivity index (χ1n) is 11.5. The highest BCUT2D eigenvalue weighted by Gasteiger charge is 2.23. The van der Waals surface area contributed by atoms with Crippen LogP contribution in [0.3, 0.4) is 0 Å². The van der Waals surface area contributed by atoms with Crippen molar-refractivity contribution < 1.29 is 19.7 Å². The topological polar surface area (TPSA) is 110 Å². The molecule has 0 aliphatic carbocycles. The van der Waals surface area contributed by atoms with Gasteiger partial charge in [0.2, 0.25) is 5.91 Å². The van der Waals surface area contributed by atoms with Gasteiger partial charge < -0.3 is 20.3 Å². The predicted molar refractivity (Wildman–Crippen MR) is 133 cm³/mol. The van der Waals surface area contributed by atoms with Crippen molar-refractivity contribution >= 4 is 28.5 Å². The van der Waals surface area contributed by atoms with Gasteiger partial charge in [-0.25, -0.2) is 0 Å². The Morgan fingerprint density at radius 2 is 1.94 bits per heavy atom. The molecule has 9 heteroatoms. The molecule has 3 rings (SSSR count). The minimum Gasteiger partial charge on any atom is -0.505 e. The van der Waals surface area contributed by atoms with Crippen LogP contribution in [0.2, 0.25) is 5.02 Å². The van der Waals surface area contributed by atoms with Gasteiger partial charge in [0.1, 0.15) is 22.5 Å². The highest BCUT2D eigenvalue weighted by atomic mass is 35.5. The second-order valence-corrected chi connectivity index (χ2v) is 9.79. The van der Waals surface area contributed by atoms with E-state index in [0.717, 1.165) is 17.5 Å². The van der Waals surface area contributed by atoms with Crippen LogP contribution >= 0.6 is 11.6 Å². The van der Waals surface area contributed by atoms with Crippen LogP contribution < -0.4 is 5.32 Å². The van der Waals surface area contributed by atoms with E-state index in [4.69, 9.17) is 21.4 Å². The second kappa shape index (κ2) is 11.2. The van der Waals surface area contributed by atoms with E-state index < -0.39 is 0 Å². The summed E-state index contributed by atoms with van der Waals surface area (Å²) in [4.78, 5) is 14.0. The average molecular weight is 489 g/mol. The number of ether oxygens (including phenoxy) is 1. The fraction of sp³-hybridized carbons (Fsp3) is 0.480. The molecule has 184 valence electrons. The molecular weight excluding hydrogens is 456 g/mol. The van der Waals surface area contributed by atoms with Crippen molar-refractivity contribution in [3.05, 3.63) is 46.5 Å². The Morgan fingerprint density at radius 1 is 1.21 bits per heavy atom. The number of fused-ring (bicyclic) bond motifs is 1. The molecule has 1 unspecified atom stereocenters. The molecule has 0 saturated carbocycles. The summed E-state index contributed by atoms with van der Waals surface area (Å²) in [5, 5.41) is 32.5. The molecule has 0 aliphatic rings. The lowest BCUT2D eigenvalue weighted by Crippen LogP contribution is -2.38. The largest absolute Gasteiger partial charge is 0.505 e. The number of benzene rings is 2.